The van der Waals surface area contributed by atoms with Gasteiger partial charge in [-0.2, -0.15) is 0 Å². The SMILES string of the molecule is c1ccc(-c2nc(-c3cc4c(cc3-n3c5ccccc5c5cc6ccccc6cc53)oc3ccccc34)nc(-c3cccc4c3sc3ccccc34)n2)cc1. The third-order valence-electron chi connectivity index (χ3n) is 10.8. The first-order valence-corrected chi connectivity index (χ1v) is 19.2. The van der Waals surface area contributed by atoms with Crippen molar-refractivity contribution in [2.75, 3.05) is 0 Å². The average molecular weight is 721 g/mol. The summed E-state index contributed by atoms with van der Waals surface area (Å²) in [6.45, 7) is 0. The molecule has 12 rings (SSSR count). The van der Waals surface area contributed by atoms with Gasteiger partial charge >= 0.3 is 0 Å². The topological polar surface area (TPSA) is 56.7 Å². The Labute approximate surface area is 318 Å². The Kier molecular flexibility index (Phi) is 6.44. The van der Waals surface area contributed by atoms with E-state index in [4.69, 9.17) is 19.4 Å². The molecule has 55 heavy (non-hydrogen) atoms. The number of thiophene rings is 1. The van der Waals surface area contributed by atoms with E-state index in [1.165, 1.54) is 37.0 Å². The number of para-hydroxylation sites is 2. The molecule has 4 aromatic heterocycles. The first-order valence-electron chi connectivity index (χ1n) is 18.4. The molecule has 0 aliphatic rings. The van der Waals surface area contributed by atoms with E-state index in [0.29, 0.717) is 17.5 Å². The van der Waals surface area contributed by atoms with Crippen LogP contribution < -0.4 is 0 Å². The molecule has 0 unspecified atom stereocenters. The van der Waals surface area contributed by atoms with Crippen LogP contribution in [0.3, 0.4) is 0 Å². The van der Waals surface area contributed by atoms with Gasteiger partial charge in [-0.25, -0.2) is 15.0 Å². The van der Waals surface area contributed by atoms with Gasteiger partial charge in [0.05, 0.1) is 16.7 Å². The van der Waals surface area contributed by atoms with Crippen LogP contribution in [0.4, 0.5) is 0 Å². The first-order chi connectivity index (χ1) is 27.2. The van der Waals surface area contributed by atoms with Gasteiger partial charge in [0.1, 0.15) is 11.2 Å². The summed E-state index contributed by atoms with van der Waals surface area (Å²) in [5.41, 5.74) is 7.57. The van der Waals surface area contributed by atoms with E-state index in [1.807, 2.05) is 30.3 Å². The van der Waals surface area contributed by atoms with Crippen LogP contribution in [0.25, 0.3) is 115 Å². The Balaban J connectivity index is 1.21. The molecule has 5 nitrogen and oxygen atoms in total. The normalized spacial score (nSPS) is 12.0. The van der Waals surface area contributed by atoms with Crippen LogP contribution in [0.2, 0.25) is 0 Å². The number of aromatic nitrogens is 4. The van der Waals surface area contributed by atoms with Gasteiger partial charge in [0.25, 0.3) is 0 Å². The molecule has 0 amide bonds. The zero-order valence-corrected chi connectivity index (χ0v) is 30.1. The largest absolute Gasteiger partial charge is 0.456 e. The molecule has 0 saturated heterocycles. The number of rotatable bonds is 4. The highest BCUT2D eigenvalue weighted by Gasteiger charge is 2.23. The summed E-state index contributed by atoms with van der Waals surface area (Å²) in [4.78, 5) is 15.9. The monoisotopic (exact) mass is 720 g/mol. The Morgan fingerprint density at radius 2 is 1.09 bits per heavy atom. The predicted molar refractivity (Wildman–Crippen MR) is 228 cm³/mol. The quantitative estimate of drug-likeness (QED) is 0.182. The number of fused-ring (bicyclic) bond motifs is 10. The van der Waals surface area contributed by atoms with E-state index in [0.717, 1.165) is 60.0 Å². The summed E-state index contributed by atoms with van der Waals surface area (Å²) < 4.78 is 11.3. The number of furan rings is 1. The van der Waals surface area contributed by atoms with Gasteiger partial charge < -0.3 is 8.98 Å². The molecule has 0 aliphatic carbocycles. The lowest BCUT2D eigenvalue weighted by molar-refractivity contribution is 0.668. The fourth-order valence-electron chi connectivity index (χ4n) is 8.30. The molecule has 0 saturated carbocycles. The van der Waals surface area contributed by atoms with Crippen molar-refractivity contribution in [1.82, 2.24) is 19.5 Å². The van der Waals surface area contributed by atoms with E-state index >= 15 is 0 Å². The minimum atomic E-state index is 0.593. The van der Waals surface area contributed by atoms with Crippen molar-refractivity contribution in [1.29, 1.82) is 0 Å². The predicted octanol–water partition coefficient (Wildman–Crippen LogP) is 13.4. The molecule has 4 heterocycles. The number of benzene rings is 8. The number of nitrogens with zero attached hydrogens (tertiary/aromatic N) is 4. The van der Waals surface area contributed by atoms with Gasteiger partial charge in [-0.05, 0) is 53.2 Å². The van der Waals surface area contributed by atoms with Crippen molar-refractivity contribution in [3.8, 4) is 39.9 Å². The van der Waals surface area contributed by atoms with Crippen LogP contribution in [-0.4, -0.2) is 19.5 Å². The number of hydrogen-bond donors (Lipinski definition) is 0. The minimum Gasteiger partial charge on any atom is -0.456 e. The summed E-state index contributed by atoms with van der Waals surface area (Å²) in [6, 6.07) is 59.6. The zero-order valence-electron chi connectivity index (χ0n) is 29.3. The first kappa shape index (κ1) is 30.3. The fraction of sp³-hybridized carbons (Fsp3) is 0. The molecule has 8 aromatic carbocycles. The van der Waals surface area contributed by atoms with E-state index < -0.39 is 0 Å². The maximum absolute atomic E-state index is 6.57. The third kappa shape index (κ3) is 4.62. The summed E-state index contributed by atoms with van der Waals surface area (Å²) in [6.07, 6.45) is 0. The molecular weight excluding hydrogens is 693 g/mol. The average Bonchev–Trinajstić information content (AvgIpc) is 3.91. The summed E-state index contributed by atoms with van der Waals surface area (Å²) in [5.74, 6) is 1.85. The molecule has 0 radical (unpaired) electrons. The molecule has 256 valence electrons. The zero-order chi connectivity index (χ0) is 36.0. The molecule has 0 N–H and O–H groups in total. The second-order valence-corrected chi connectivity index (χ2v) is 15.0. The van der Waals surface area contributed by atoms with Crippen LogP contribution in [0.1, 0.15) is 0 Å². The maximum Gasteiger partial charge on any atom is 0.166 e. The van der Waals surface area contributed by atoms with E-state index in [9.17, 15) is 0 Å². The lowest BCUT2D eigenvalue weighted by Crippen LogP contribution is -2.04. The van der Waals surface area contributed by atoms with Gasteiger partial charge in [0.2, 0.25) is 0 Å². The van der Waals surface area contributed by atoms with Crippen molar-refractivity contribution in [2.45, 2.75) is 0 Å². The Morgan fingerprint density at radius 1 is 0.418 bits per heavy atom. The van der Waals surface area contributed by atoms with Gasteiger partial charge in [-0.15, -0.1) is 11.3 Å². The second-order valence-electron chi connectivity index (χ2n) is 14.0. The van der Waals surface area contributed by atoms with Crippen LogP contribution in [0, 0.1) is 0 Å². The molecule has 0 fully saturated rings. The van der Waals surface area contributed by atoms with E-state index in [1.54, 1.807) is 11.3 Å². The van der Waals surface area contributed by atoms with Crippen LogP contribution in [0.15, 0.2) is 174 Å². The van der Waals surface area contributed by atoms with E-state index in [2.05, 4.69) is 144 Å². The Hall–Kier alpha value is -7.15. The van der Waals surface area contributed by atoms with E-state index in [-0.39, 0.29) is 0 Å². The lowest BCUT2D eigenvalue weighted by atomic mass is 10.0. The minimum absolute atomic E-state index is 0.593. The smallest absolute Gasteiger partial charge is 0.166 e. The standard InChI is InChI=1S/C49H28N4OS/c1-2-13-29(14-3-1)47-50-48(36-21-12-20-35-34-19-8-11-24-45(34)55-46(35)36)52-49(51-47)39-27-38-33-18-7-10-23-43(33)54-44(38)28-42(39)53-40-22-9-6-17-32(40)37-25-30-15-4-5-16-31(30)26-41(37)53/h1-28H. The van der Waals surface area contributed by atoms with Crippen molar-refractivity contribution in [3.05, 3.63) is 170 Å². The third-order valence-corrected chi connectivity index (χ3v) is 12.0. The van der Waals surface area contributed by atoms with Gasteiger partial charge in [-0.1, -0.05) is 121 Å². The van der Waals surface area contributed by atoms with Crippen molar-refractivity contribution in [2.24, 2.45) is 0 Å². The Bertz CT molecular complexity index is 3500. The van der Waals surface area contributed by atoms with Crippen molar-refractivity contribution >= 4 is 86.0 Å². The van der Waals surface area contributed by atoms with Crippen LogP contribution >= 0.6 is 11.3 Å². The van der Waals surface area contributed by atoms with Crippen LogP contribution in [0.5, 0.6) is 0 Å². The molecule has 6 heteroatoms. The molecule has 12 aromatic rings. The molecule has 0 bridgehead atoms. The highest BCUT2D eigenvalue weighted by molar-refractivity contribution is 7.26. The highest BCUT2D eigenvalue weighted by atomic mass is 32.1. The summed E-state index contributed by atoms with van der Waals surface area (Å²) in [7, 11) is 0. The van der Waals surface area contributed by atoms with Gasteiger partial charge in [-0.3, -0.25) is 0 Å². The second kappa shape index (κ2) is 11.7. The van der Waals surface area contributed by atoms with Crippen molar-refractivity contribution in [3.63, 3.8) is 0 Å². The van der Waals surface area contributed by atoms with Gasteiger partial charge in [0, 0.05) is 64.5 Å². The molecular formula is C49H28N4OS. The molecule has 0 atom stereocenters. The van der Waals surface area contributed by atoms with Gasteiger partial charge in [0.15, 0.2) is 17.5 Å². The van der Waals surface area contributed by atoms with Crippen LogP contribution in [-0.2, 0) is 0 Å². The number of hydrogen-bond acceptors (Lipinski definition) is 5. The summed E-state index contributed by atoms with van der Waals surface area (Å²) >= 11 is 1.78. The Morgan fingerprint density at radius 3 is 1.96 bits per heavy atom. The highest BCUT2D eigenvalue weighted by Crippen LogP contribution is 2.43. The lowest BCUT2D eigenvalue weighted by Gasteiger charge is -2.15. The summed E-state index contributed by atoms with van der Waals surface area (Å²) in [5, 5.41) is 9.23. The fourth-order valence-corrected chi connectivity index (χ4v) is 9.51. The van der Waals surface area contributed by atoms with Crippen molar-refractivity contribution < 1.29 is 4.42 Å². The molecule has 0 aliphatic heterocycles. The maximum atomic E-state index is 6.57. The molecule has 0 spiro atoms.